The van der Waals surface area contributed by atoms with Crippen LogP contribution in [0.3, 0.4) is 0 Å². The minimum Gasteiger partial charge on any atom is -0.345 e. The Labute approximate surface area is 103 Å². The van der Waals surface area contributed by atoms with Gasteiger partial charge in [0.1, 0.15) is 5.82 Å². The highest BCUT2D eigenvalue weighted by Crippen LogP contribution is 2.18. The second kappa shape index (κ2) is 5.10. The molecule has 4 heteroatoms. The first-order valence-electron chi connectivity index (χ1n) is 5.26. The molecule has 0 saturated heterocycles. The van der Waals surface area contributed by atoms with Crippen LogP contribution in [0.25, 0.3) is 0 Å². The third kappa shape index (κ3) is 2.91. The zero-order chi connectivity index (χ0) is 12.3. The van der Waals surface area contributed by atoms with Crippen LogP contribution in [0.1, 0.15) is 28.2 Å². The largest absolute Gasteiger partial charge is 0.345 e. The summed E-state index contributed by atoms with van der Waals surface area (Å²) in [7, 11) is 0. The van der Waals surface area contributed by atoms with Crippen molar-refractivity contribution in [2.75, 3.05) is 0 Å². The quantitative estimate of drug-likeness (QED) is 0.887. The number of halogens is 1. The van der Waals surface area contributed by atoms with E-state index in [0.29, 0.717) is 5.56 Å². The van der Waals surface area contributed by atoms with Crippen molar-refractivity contribution in [3.63, 3.8) is 0 Å². The Bertz CT molecular complexity index is 510. The predicted molar refractivity (Wildman–Crippen MR) is 66.6 cm³/mol. The van der Waals surface area contributed by atoms with Crippen molar-refractivity contribution >= 4 is 17.2 Å². The van der Waals surface area contributed by atoms with Gasteiger partial charge in [-0.25, -0.2) is 4.39 Å². The van der Waals surface area contributed by atoms with Gasteiger partial charge in [0.15, 0.2) is 0 Å². The molecule has 1 atom stereocenters. The summed E-state index contributed by atoms with van der Waals surface area (Å²) in [5, 5.41) is 4.79. The zero-order valence-electron chi connectivity index (χ0n) is 9.31. The van der Waals surface area contributed by atoms with Crippen molar-refractivity contribution in [1.29, 1.82) is 0 Å². The maximum absolute atomic E-state index is 13.0. The summed E-state index contributed by atoms with van der Waals surface area (Å²) in [6, 6.07) is 9.51. The van der Waals surface area contributed by atoms with E-state index in [0.717, 1.165) is 4.88 Å². The maximum atomic E-state index is 13.0. The van der Waals surface area contributed by atoms with Crippen LogP contribution >= 0.6 is 11.3 Å². The molecule has 0 radical (unpaired) electrons. The summed E-state index contributed by atoms with van der Waals surface area (Å²) in [6.45, 7) is 1.91. The number of thiophene rings is 1. The Kier molecular flexibility index (Phi) is 3.54. The Morgan fingerprint density at radius 1 is 1.35 bits per heavy atom. The summed E-state index contributed by atoms with van der Waals surface area (Å²) < 4.78 is 13.0. The van der Waals surface area contributed by atoms with E-state index in [-0.39, 0.29) is 11.9 Å². The lowest BCUT2D eigenvalue weighted by Gasteiger charge is -2.12. The van der Waals surface area contributed by atoms with Crippen LogP contribution in [0.4, 0.5) is 4.39 Å². The molecular weight excluding hydrogens is 237 g/mol. The van der Waals surface area contributed by atoms with Crippen LogP contribution in [0.5, 0.6) is 0 Å². The Morgan fingerprint density at radius 3 is 2.82 bits per heavy atom. The fourth-order valence-corrected chi connectivity index (χ4v) is 2.25. The van der Waals surface area contributed by atoms with Crippen molar-refractivity contribution in [3.05, 3.63) is 58.0 Å². The SMILES string of the molecule is C[C@@H](NC(=O)c1cccc(F)c1)c1cccs1. The average molecular weight is 249 g/mol. The highest BCUT2D eigenvalue weighted by Gasteiger charge is 2.12. The smallest absolute Gasteiger partial charge is 0.251 e. The summed E-state index contributed by atoms with van der Waals surface area (Å²) >= 11 is 1.58. The summed E-state index contributed by atoms with van der Waals surface area (Å²) in [6.07, 6.45) is 0. The van der Waals surface area contributed by atoms with Crippen LogP contribution in [0, 0.1) is 5.82 Å². The van der Waals surface area contributed by atoms with Gasteiger partial charge in [0, 0.05) is 10.4 Å². The lowest BCUT2D eigenvalue weighted by molar-refractivity contribution is 0.0940. The van der Waals surface area contributed by atoms with Gasteiger partial charge in [0.05, 0.1) is 6.04 Å². The van der Waals surface area contributed by atoms with Crippen molar-refractivity contribution in [3.8, 4) is 0 Å². The molecule has 0 saturated carbocycles. The van der Waals surface area contributed by atoms with Crippen molar-refractivity contribution in [2.24, 2.45) is 0 Å². The zero-order valence-corrected chi connectivity index (χ0v) is 10.1. The third-order valence-electron chi connectivity index (χ3n) is 2.40. The molecule has 0 aliphatic rings. The molecule has 2 nitrogen and oxygen atoms in total. The molecule has 0 bridgehead atoms. The number of hydrogen-bond donors (Lipinski definition) is 1. The van der Waals surface area contributed by atoms with E-state index < -0.39 is 5.82 Å². The first-order valence-corrected chi connectivity index (χ1v) is 6.14. The molecule has 1 aromatic heterocycles. The van der Waals surface area contributed by atoms with Crippen LogP contribution in [-0.4, -0.2) is 5.91 Å². The minimum absolute atomic E-state index is 0.0641. The molecule has 2 rings (SSSR count). The van der Waals surface area contributed by atoms with E-state index in [1.165, 1.54) is 18.2 Å². The van der Waals surface area contributed by atoms with Crippen LogP contribution < -0.4 is 5.32 Å². The molecule has 1 heterocycles. The van der Waals surface area contributed by atoms with Gasteiger partial charge in [-0.3, -0.25) is 4.79 Å². The van der Waals surface area contributed by atoms with Gasteiger partial charge in [-0.2, -0.15) is 0 Å². The molecule has 0 fully saturated rings. The Hall–Kier alpha value is -1.68. The fraction of sp³-hybridized carbons (Fsp3) is 0.154. The van der Waals surface area contributed by atoms with E-state index in [1.54, 1.807) is 17.4 Å². The number of benzene rings is 1. The monoisotopic (exact) mass is 249 g/mol. The second-order valence-electron chi connectivity index (χ2n) is 3.72. The van der Waals surface area contributed by atoms with Gasteiger partial charge in [0.2, 0.25) is 0 Å². The van der Waals surface area contributed by atoms with Gasteiger partial charge < -0.3 is 5.32 Å². The highest BCUT2D eigenvalue weighted by atomic mass is 32.1. The molecular formula is C13H12FNOS. The van der Waals surface area contributed by atoms with Crippen molar-refractivity contribution in [1.82, 2.24) is 5.32 Å². The second-order valence-corrected chi connectivity index (χ2v) is 4.70. The van der Waals surface area contributed by atoms with Gasteiger partial charge in [-0.05, 0) is 36.6 Å². The van der Waals surface area contributed by atoms with Crippen LogP contribution in [0.2, 0.25) is 0 Å². The standard InChI is InChI=1S/C13H12FNOS/c1-9(12-6-3-7-17-12)15-13(16)10-4-2-5-11(14)8-10/h2-9H,1H3,(H,15,16)/t9-/m1/s1. The molecule has 1 amide bonds. The number of hydrogen-bond acceptors (Lipinski definition) is 2. The number of rotatable bonds is 3. The van der Waals surface area contributed by atoms with Gasteiger partial charge in [0.25, 0.3) is 5.91 Å². The van der Waals surface area contributed by atoms with E-state index in [1.807, 2.05) is 24.4 Å². The first kappa shape index (κ1) is 11.8. The Morgan fingerprint density at radius 2 is 2.18 bits per heavy atom. The lowest BCUT2D eigenvalue weighted by atomic mass is 10.2. The van der Waals surface area contributed by atoms with Gasteiger partial charge >= 0.3 is 0 Å². The summed E-state index contributed by atoms with van der Waals surface area (Å²) in [4.78, 5) is 12.9. The molecule has 17 heavy (non-hydrogen) atoms. The summed E-state index contributed by atoms with van der Waals surface area (Å²) in [5.74, 6) is -0.660. The molecule has 2 aromatic rings. The molecule has 0 unspecified atom stereocenters. The molecule has 0 aliphatic heterocycles. The van der Waals surface area contributed by atoms with Crippen LogP contribution in [-0.2, 0) is 0 Å². The number of carbonyl (C=O) groups excluding carboxylic acids is 1. The predicted octanol–water partition coefficient (Wildman–Crippen LogP) is 3.38. The average Bonchev–Trinajstić information content (AvgIpc) is 2.82. The van der Waals surface area contributed by atoms with E-state index in [9.17, 15) is 9.18 Å². The number of carbonyl (C=O) groups is 1. The Balaban J connectivity index is 2.07. The first-order chi connectivity index (χ1) is 8.16. The van der Waals surface area contributed by atoms with Gasteiger partial charge in [-0.1, -0.05) is 12.1 Å². The number of amides is 1. The van der Waals surface area contributed by atoms with Crippen molar-refractivity contribution < 1.29 is 9.18 Å². The van der Waals surface area contributed by atoms with Gasteiger partial charge in [-0.15, -0.1) is 11.3 Å². The van der Waals surface area contributed by atoms with Crippen LogP contribution in [0.15, 0.2) is 41.8 Å². The van der Waals surface area contributed by atoms with Crippen molar-refractivity contribution in [2.45, 2.75) is 13.0 Å². The van der Waals surface area contributed by atoms with E-state index >= 15 is 0 Å². The summed E-state index contributed by atoms with van der Waals surface area (Å²) in [5.41, 5.74) is 0.341. The highest BCUT2D eigenvalue weighted by molar-refractivity contribution is 7.10. The minimum atomic E-state index is -0.401. The molecule has 88 valence electrons. The molecule has 1 aromatic carbocycles. The third-order valence-corrected chi connectivity index (χ3v) is 3.46. The number of nitrogens with one attached hydrogen (secondary N) is 1. The van der Waals surface area contributed by atoms with E-state index in [2.05, 4.69) is 5.32 Å². The fourth-order valence-electron chi connectivity index (χ4n) is 1.52. The molecule has 0 aliphatic carbocycles. The molecule has 0 spiro atoms. The lowest BCUT2D eigenvalue weighted by Crippen LogP contribution is -2.26. The maximum Gasteiger partial charge on any atom is 0.251 e. The topological polar surface area (TPSA) is 29.1 Å². The molecule has 1 N–H and O–H groups in total. The van der Waals surface area contributed by atoms with E-state index in [4.69, 9.17) is 0 Å². The normalized spacial score (nSPS) is 12.1.